The van der Waals surface area contributed by atoms with Crippen LogP contribution >= 0.6 is 0 Å². The Labute approximate surface area is 166 Å². The standard InChI is InChI=1S/C21H29N5O2/c1-21(2,3)28-20(27)26-18-9-7-16(8-10-18)11-14-24-19(22)25-15-12-17-6-4-5-13-23-17/h4-10,13H,11-12,14-15H2,1-3H3,(H,26,27)(H3,22,24,25). The fourth-order valence-electron chi connectivity index (χ4n) is 2.40. The highest BCUT2D eigenvalue weighted by Crippen LogP contribution is 2.13. The van der Waals surface area contributed by atoms with E-state index in [9.17, 15) is 4.79 Å². The molecule has 1 amide bonds. The van der Waals surface area contributed by atoms with Gasteiger partial charge in [0.05, 0.1) is 0 Å². The number of aromatic nitrogens is 1. The topological polar surface area (TPSA) is 102 Å². The molecule has 0 atom stereocenters. The average Bonchev–Trinajstić information content (AvgIpc) is 2.62. The molecular weight excluding hydrogens is 354 g/mol. The molecule has 1 aromatic heterocycles. The highest BCUT2D eigenvalue weighted by molar-refractivity contribution is 5.84. The van der Waals surface area contributed by atoms with E-state index >= 15 is 0 Å². The Balaban J connectivity index is 1.69. The zero-order valence-corrected chi connectivity index (χ0v) is 16.7. The number of amides is 1. The van der Waals surface area contributed by atoms with Gasteiger partial charge in [-0.05, 0) is 57.0 Å². The molecule has 0 unspecified atom stereocenters. The minimum Gasteiger partial charge on any atom is -0.444 e. The molecule has 0 spiro atoms. The third-order valence-corrected chi connectivity index (χ3v) is 3.70. The fourth-order valence-corrected chi connectivity index (χ4v) is 2.40. The number of guanidine groups is 1. The van der Waals surface area contributed by atoms with Gasteiger partial charge < -0.3 is 15.8 Å². The highest BCUT2D eigenvalue weighted by atomic mass is 16.6. The lowest BCUT2D eigenvalue weighted by molar-refractivity contribution is 0.0636. The zero-order valence-electron chi connectivity index (χ0n) is 16.7. The van der Waals surface area contributed by atoms with Crippen LogP contribution in [0.15, 0.2) is 53.7 Å². The Hall–Kier alpha value is -3.09. The maximum atomic E-state index is 11.8. The monoisotopic (exact) mass is 383 g/mol. The molecule has 2 aromatic rings. The van der Waals surface area contributed by atoms with Gasteiger partial charge in [-0.15, -0.1) is 0 Å². The van der Waals surface area contributed by atoms with E-state index in [2.05, 4.69) is 20.6 Å². The van der Waals surface area contributed by atoms with E-state index < -0.39 is 11.7 Å². The Morgan fingerprint density at radius 3 is 2.54 bits per heavy atom. The van der Waals surface area contributed by atoms with Crippen molar-refractivity contribution in [1.29, 1.82) is 0 Å². The molecule has 0 saturated heterocycles. The van der Waals surface area contributed by atoms with Gasteiger partial charge in [-0.25, -0.2) is 4.79 Å². The van der Waals surface area contributed by atoms with Crippen LogP contribution in [0, 0.1) is 0 Å². The third kappa shape index (κ3) is 8.53. The number of rotatable bonds is 7. The van der Waals surface area contributed by atoms with E-state index in [1.165, 1.54) is 0 Å². The number of carbonyl (C=O) groups is 1. The molecule has 0 radical (unpaired) electrons. The molecule has 0 aliphatic heterocycles. The van der Waals surface area contributed by atoms with Crippen LogP contribution in [0.5, 0.6) is 0 Å². The van der Waals surface area contributed by atoms with E-state index in [4.69, 9.17) is 10.5 Å². The van der Waals surface area contributed by atoms with Crippen LogP contribution in [0.1, 0.15) is 32.0 Å². The summed E-state index contributed by atoms with van der Waals surface area (Å²) in [5.41, 5.74) is 8.19. The number of nitrogens with two attached hydrogens (primary N) is 1. The lowest BCUT2D eigenvalue weighted by Gasteiger charge is -2.19. The predicted molar refractivity (Wildman–Crippen MR) is 112 cm³/mol. The molecule has 0 aliphatic carbocycles. The van der Waals surface area contributed by atoms with E-state index in [0.29, 0.717) is 24.7 Å². The molecule has 150 valence electrons. The maximum Gasteiger partial charge on any atom is 0.412 e. The predicted octanol–water partition coefficient (Wildman–Crippen LogP) is 3.12. The molecule has 28 heavy (non-hydrogen) atoms. The van der Waals surface area contributed by atoms with E-state index in [1.54, 1.807) is 6.20 Å². The number of benzene rings is 1. The minimum absolute atomic E-state index is 0.430. The zero-order chi connectivity index (χ0) is 20.4. The number of hydrogen-bond donors (Lipinski definition) is 3. The first-order valence-corrected chi connectivity index (χ1v) is 9.34. The van der Waals surface area contributed by atoms with Gasteiger partial charge in [-0.1, -0.05) is 18.2 Å². The van der Waals surface area contributed by atoms with Gasteiger partial charge in [0.1, 0.15) is 5.60 Å². The second kappa shape index (κ2) is 10.3. The van der Waals surface area contributed by atoms with Crippen molar-refractivity contribution in [1.82, 2.24) is 10.3 Å². The molecule has 4 N–H and O–H groups in total. The van der Waals surface area contributed by atoms with E-state index in [1.807, 2.05) is 63.2 Å². The van der Waals surface area contributed by atoms with Gasteiger partial charge in [-0.2, -0.15) is 0 Å². The number of pyridine rings is 1. The van der Waals surface area contributed by atoms with Crippen molar-refractivity contribution in [2.45, 2.75) is 39.2 Å². The quantitative estimate of drug-likeness (QED) is 0.504. The van der Waals surface area contributed by atoms with Crippen LogP contribution < -0.4 is 16.4 Å². The molecule has 0 aliphatic rings. The molecule has 0 bridgehead atoms. The van der Waals surface area contributed by atoms with Gasteiger partial charge in [-0.3, -0.25) is 15.3 Å². The summed E-state index contributed by atoms with van der Waals surface area (Å²) in [6, 6.07) is 13.4. The number of aliphatic imine (C=N–C) groups is 1. The van der Waals surface area contributed by atoms with Gasteiger partial charge in [0.15, 0.2) is 5.96 Å². The van der Waals surface area contributed by atoms with Crippen molar-refractivity contribution in [3.05, 3.63) is 59.9 Å². The largest absolute Gasteiger partial charge is 0.444 e. The first-order valence-electron chi connectivity index (χ1n) is 9.34. The molecule has 2 rings (SSSR count). The molecular formula is C21H29N5O2. The van der Waals surface area contributed by atoms with Crippen LogP contribution in [0.25, 0.3) is 0 Å². The first kappa shape index (κ1) is 21.2. The summed E-state index contributed by atoms with van der Waals surface area (Å²) in [6.07, 6.45) is 2.87. The number of ether oxygens (including phenoxy) is 1. The van der Waals surface area contributed by atoms with Crippen molar-refractivity contribution >= 4 is 17.7 Å². The van der Waals surface area contributed by atoms with Gasteiger partial charge in [0.2, 0.25) is 0 Å². The van der Waals surface area contributed by atoms with E-state index in [-0.39, 0.29) is 0 Å². The Morgan fingerprint density at radius 1 is 1.14 bits per heavy atom. The average molecular weight is 383 g/mol. The summed E-state index contributed by atoms with van der Waals surface area (Å²) in [5, 5.41) is 5.82. The normalized spacial score (nSPS) is 11.8. The van der Waals surface area contributed by atoms with Crippen LogP contribution in [0.3, 0.4) is 0 Å². The highest BCUT2D eigenvalue weighted by Gasteiger charge is 2.15. The number of hydrogen-bond acceptors (Lipinski definition) is 4. The molecule has 7 heteroatoms. The number of nitrogens with one attached hydrogen (secondary N) is 2. The Kier molecular flexibility index (Phi) is 7.80. The fraction of sp³-hybridized carbons (Fsp3) is 0.381. The van der Waals surface area contributed by atoms with Gasteiger partial charge in [0.25, 0.3) is 0 Å². The van der Waals surface area contributed by atoms with Crippen molar-refractivity contribution in [3.8, 4) is 0 Å². The number of anilines is 1. The second-order valence-corrected chi connectivity index (χ2v) is 7.34. The first-order chi connectivity index (χ1) is 13.3. The van der Waals surface area contributed by atoms with Crippen LogP contribution in [-0.4, -0.2) is 35.7 Å². The SMILES string of the molecule is CC(C)(C)OC(=O)Nc1ccc(CCNC(N)=NCCc2ccccn2)cc1. The molecule has 7 nitrogen and oxygen atoms in total. The Morgan fingerprint density at radius 2 is 1.89 bits per heavy atom. The van der Waals surface area contributed by atoms with Crippen LogP contribution in [-0.2, 0) is 17.6 Å². The lowest BCUT2D eigenvalue weighted by atomic mass is 10.1. The summed E-state index contributed by atoms with van der Waals surface area (Å²) in [6.45, 7) is 6.77. The van der Waals surface area contributed by atoms with Crippen molar-refractivity contribution < 1.29 is 9.53 Å². The van der Waals surface area contributed by atoms with Gasteiger partial charge >= 0.3 is 6.09 Å². The minimum atomic E-state index is -0.519. The molecule has 1 heterocycles. The summed E-state index contributed by atoms with van der Waals surface area (Å²) in [7, 11) is 0. The van der Waals surface area contributed by atoms with Gasteiger partial charge in [0, 0.05) is 37.1 Å². The van der Waals surface area contributed by atoms with Crippen molar-refractivity contribution in [2.75, 3.05) is 18.4 Å². The number of carbonyl (C=O) groups excluding carboxylic acids is 1. The molecule has 1 aromatic carbocycles. The summed E-state index contributed by atoms with van der Waals surface area (Å²) in [4.78, 5) is 20.3. The van der Waals surface area contributed by atoms with Crippen LogP contribution in [0.4, 0.5) is 10.5 Å². The number of nitrogens with zero attached hydrogens (tertiary/aromatic N) is 2. The van der Waals surface area contributed by atoms with Crippen molar-refractivity contribution in [3.63, 3.8) is 0 Å². The summed E-state index contributed by atoms with van der Waals surface area (Å²) in [5.74, 6) is 0.430. The molecule has 0 saturated carbocycles. The second-order valence-electron chi connectivity index (χ2n) is 7.34. The summed E-state index contributed by atoms with van der Waals surface area (Å²) < 4.78 is 5.23. The van der Waals surface area contributed by atoms with Crippen LogP contribution in [0.2, 0.25) is 0 Å². The van der Waals surface area contributed by atoms with E-state index in [0.717, 1.165) is 24.1 Å². The van der Waals surface area contributed by atoms with Crippen molar-refractivity contribution in [2.24, 2.45) is 10.7 Å². The lowest BCUT2D eigenvalue weighted by Crippen LogP contribution is -2.33. The summed E-state index contributed by atoms with van der Waals surface area (Å²) >= 11 is 0. The maximum absolute atomic E-state index is 11.8. The smallest absolute Gasteiger partial charge is 0.412 e. The third-order valence-electron chi connectivity index (χ3n) is 3.70. The molecule has 0 fully saturated rings. The Bertz CT molecular complexity index is 768.